The van der Waals surface area contributed by atoms with Gasteiger partial charge in [0.2, 0.25) is 0 Å². The molecule has 1 fully saturated rings. The Kier molecular flexibility index (Phi) is 5.43. The number of nitrogens with zero attached hydrogens (tertiary/aromatic N) is 1. The molecule has 0 spiro atoms. The topological polar surface area (TPSA) is 41.6 Å². The van der Waals surface area contributed by atoms with Crippen LogP contribution in [0.3, 0.4) is 0 Å². The monoisotopic (exact) mass is 340 g/mol. The second kappa shape index (κ2) is 7.09. The van der Waals surface area contributed by atoms with E-state index in [9.17, 15) is 4.79 Å². The number of nitrogens with one attached hydrogen (secondary N) is 1. The van der Waals surface area contributed by atoms with Gasteiger partial charge in [-0.1, -0.05) is 12.1 Å². The molecule has 1 aromatic carbocycles. The number of amides is 1. The van der Waals surface area contributed by atoms with Crippen molar-refractivity contribution in [2.45, 2.75) is 19.4 Å². The molecule has 0 radical (unpaired) electrons. The highest BCUT2D eigenvalue weighted by Crippen LogP contribution is 2.24. The van der Waals surface area contributed by atoms with Crippen LogP contribution in [0.25, 0.3) is 0 Å². The van der Waals surface area contributed by atoms with Crippen molar-refractivity contribution in [2.24, 2.45) is 5.92 Å². The fourth-order valence-electron chi connectivity index (χ4n) is 2.37. The van der Waals surface area contributed by atoms with Gasteiger partial charge in [0, 0.05) is 13.1 Å². The highest BCUT2D eigenvalue weighted by Gasteiger charge is 2.22. The number of carbonyl (C=O) groups is 1. The maximum atomic E-state index is 12.0. The minimum absolute atomic E-state index is 0.0599. The first kappa shape index (κ1) is 15.3. The van der Waals surface area contributed by atoms with Gasteiger partial charge in [-0.05, 0) is 60.9 Å². The molecule has 4 nitrogen and oxygen atoms in total. The van der Waals surface area contributed by atoms with E-state index in [1.54, 1.807) is 6.92 Å². The van der Waals surface area contributed by atoms with Crippen LogP contribution in [0.2, 0.25) is 0 Å². The molecule has 0 saturated carbocycles. The zero-order valence-corrected chi connectivity index (χ0v) is 13.5. The standard InChI is InChI=1S/C15H21BrN2O2/c1-11(20-14-6-4-3-5-13(14)16)15(19)17-9-12-7-8-18(2)10-12/h3-6,11-12H,7-10H2,1-2H3,(H,17,19)/t11-,12-/m1/s1. The molecule has 0 bridgehead atoms. The Labute approximate surface area is 128 Å². The number of likely N-dealkylation sites (tertiary alicyclic amines) is 1. The normalized spacial score (nSPS) is 20.6. The first-order valence-corrected chi connectivity index (χ1v) is 7.73. The molecule has 20 heavy (non-hydrogen) atoms. The van der Waals surface area contributed by atoms with Gasteiger partial charge in [0.25, 0.3) is 5.91 Å². The summed E-state index contributed by atoms with van der Waals surface area (Å²) in [5.74, 6) is 1.19. The molecule has 1 amide bonds. The fourth-order valence-corrected chi connectivity index (χ4v) is 2.74. The maximum absolute atomic E-state index is 12.0. The van der Waals surface area contributed by atoms with Crippen molar-refractivity contribution in [2.75, 3.05) is 26.7 Å². The lowest BCUT2D eigenvalue weighted by molar-refractivity contribution is -0.127. The molecular weight excluding hydrogens is 320 g/mol. The molecule has 1 N–H and O–H groups in total. The number of hydrogen-bond donors (Lipinski definition) is 1. The van der Waals surface area contributed by atoms with Crippen LogP contribution in [0.5, 0.6) is 5.75 Å². The summed E-state index contributed by atoms with van der Waals surface area (Å²) in [6.07, 6.45) is 0.656. The van der Waals surface area contributed by atoms with Gasteiger partial charge in [-0.3, -0.25) is 4.79 Å². The first-order chi connectivity index (χ1) is 9.56. The van der Waals surface area contributed by atoms with Gasteiger partial charge >= 0.3 is 0 Å². The van der Waals surface area contributed by atoms with Gasteiger partial charge in [-0.2, -0.15) is 0 Å². The summed E-state index contributed by atoms with van der Waals surface area (Å²) < 4.78 is 6.53. The summed E-state index contributed by atoms with van der Waals surface area (Å²) in [5, 5.41) is 2.98. The smallest absolute Gasteiger partial charge is 0.260 e. The van der Waals surface area contributed by atoms with Crippen molar-refractivity contribution in [3.8, 4) is 5.75 Å². The van der Waals surface area contributed by atoms with Gasteiger partial charge in [-0.15, -0.1) is 0 Å². The SMILES string of the molecule is C[C@@H](Oc1ccccc1Br)C(=O)NC[C@H]1CCN(C)C1. The summed E-state index contributed by atoms with van der Waals surface area (Å²) in [6.45, 7) is 4.67. The van der Waals surface area contributed by atoms with Crippen LogP contribution >= 0.6 is 15.9 Å². The number of hydrogen-bond acceptors (Lipinski definition) is 3. The van der Waals surface area contributed by atoms with Gasteiger partial charge in [-0.25, -0.2) is 0 Å². The number of halogens is 1. The third-order valence-corrected chi connectivity index (χ3v) is 4.22. The summed E-state index contributed by atoms with van der Waals surface area (Å²) >= 11 is 3.41. The van der Waals surface area contributed by atoms with Gasteiger partial charge in [0.05, 0.1) is 4.47 Å². The van der Waals surface area contributed by atoms with Crippen molar-refractivity contribution in [1.29, 1.82) is 0 Å². The van der Waals surface area contributed by atoms with Crippen LogP contribution in [0, 0.1) is 5.92 Å². The van der Waals surface area contributed by atoms with Crippen molar-refractivity contribution in [1.82, 2.24) is 10.2 Å². The van der Waals surface area contributed by atoms with Crippen LogP contribution in [0.15, 0.2) is 28.7 Å². The Morgan fingerprint density at radius 1 is 1.55 bits per heavy atom. The van der Waals surface area contributed by atoms with Crippen molar-refractivity contribution >= 4 is 21.8 Å². The summed E-state index contributed by atoms with van der Waals surface area (Å²) in [4.78, 5) is 14.3. The summed E-state index contributed by atoms with van der Waals surface area (Å²) in [7, 11) is 2.11. The first-order valence-electron chi connectivity index (χ1n) is 6.93. The van der Waals surface area contributed by atoms with E-state index in [0.29, 0.717) is 11.7 Å². The minimum atomic E-state index is -0.493. The molecule has 1 aliphatic heterocycles. The maximum Gasteiger partial charge on any atom is 0.260 e. The fraction of sp³-hybridized carbons (Fsp3) is 0.533. The van der Waals surface area contributed by atoms with Crippen molar-refractivity contribution in [3.05, 3.63) is 28.7 Å². The largest absolute Gasteiger partial charge is 0.480 e. The van der Waals surface area contributed by atoms with E-state index < -0.39 is 6.10 Å². The van der Waals surface area contributed by atoms with E-state index in [4.69, 9.17) is 4.74 Å². The van der Waals surface area contributed by atoms with E-state index in [2.05, 4.69) is 33.2 Å². The Morgan fingerprint density at radius 2 is 2.30 bits per heavy atom. The molecule has 1 saturated heterocycles. The molecule has 0 aliphatic carbocycles. The molecule has 5 heteroatoms. The number of ether oxygens (including phenoxy) is 1. The minimum Gasteiger partial charge on any atom is -0.480 e. The molecule has 2 rings (SSSR count). The lowest BCUT2D eigenvalue weighted by atomic mass is 10.1. The number of carbonyl (C=O) groups excluding carboxylic acids is 1. The lowest BCUT2D eigenvalue weighted by Crippen LogP contribution is -2.39. The van der Waals surface area contributed by atoms with Crippen molar-refractivity contribution < 1.29 is 9.53 Å². The Balaban J connectivity index is 1.79. The lowest BCUT2D eigenvalue weighted by Gasteiger charge is -2.17. The molecule has 1 aliphatic rings. The van der Waals surface area contributed by atoms with Crippen LogP contribution in [0.1, 0.15) is 13.3 Å². The zero-order chi connectivity index (χ0) is 14.5. The number of para-hydroxylation sites is 1. The number of rotatable bonds is 5. The quantitative estimate of drug-likeness (QED) is 0.894. The van der Waals surface area contributed by atoms with Gasteiger partial charge in [0.1, 0.15) is 5.75 Å². The van der Waals surface area contributed by atoms with E-state index in [0.717, 1.165) is 30.5 Å². The van der Waals surface area contributed by atoms with Gasteiger partial charge < -0.3 is 15.0 Å². The Bertz CT molecular complexity index is 467. The highest BCUT2D eigenvalue weighted by molar-refractivity contribution is 9.10. The molecule has 1 heterocycles. The van der Waals surface area contributed by atoms with Crippen LogP contribution in [-0.4, -0.2) is 43.6 Å². The predicted molar refractivity (Wildman–Crippen MR) is 82.8 cm³/mol. The predicted octanol–water partition coefficient (Wildman–Crippen LogP) is 2.28. The third kappa shape index (κ3) is 4.21. The Morgan fingerprint density at radius 3 is 2.95 bits per heavy atom. The Hall–Kier alpha value is -1.07. The molecule has 0 aromatic heterocycles. The van der Waals surface area contributed by atoms with Crippen LogP contribution < -0.4 is 10.1 Å². The molecule has 0 unspecified atom stereocenters. The van der Waals surface area contributed by atoms with Crippen LogP contribution in [0.4, 0.5) is 0 Å². The second-order valence-electron chi connectivity index (χ2n) is 5.35. The van der Waals surface area contributed by atoms with E-state index in [1.807, 2.05) is 24.3 Å². The summed E-state index contributed by atoms with van der Waals surface area (Å²) in [5.41, 5.74) is 0. The van der Waals surface area contributed by atoms with Gasteiger partial charge in [0.15, 0.2) is 6.10 Å². The average Bonchev–Trinajstić information content (AvgIpc) is 2.84. The molecule has 1 aromatic rings. The van der Waals surface area contributed by atoms with Crippen LogP contribution in [-0.2, 0) is 4.79 Å². The van der Waals surface area contributed by atoms with E-state index in [-0.39, 0.29) is 5.91 Å². The number of benzene rings is 1. The zero-order valence-electron chi connectivity index (χ0n) is 11.9. The summed E-state index contributed by atoms with van der Waals surface area (Å²) in [6, 6.07) is 7.55. The van der Waals surface area contributed by atoms with Crippen molar-refractivity contribution in [3.63, 3.8) is 0 Å². The van der Waals surface area contributed by atoms with E-state index >= 15 is 0 Å². The van der Waals surface area contributed by atoms with E-state index in [1.165, 1.54) is 0 Å². The average molecular weight is 341 g/mol. The second-order valence-corrected chi connectivity index (χ2v) is 6.21. The molecule has 2 atom stereocenters. The molecular formula is C15H21BrN2O2. The highest BCUT2D eigenvalue weighted by atomic mass is 79.9. The molecule has 110 valence electrons. The third-order valence-electron chi connectivity index (χ3n) is 3.56.